The Kier molecular flexibility index (Phi) is 5.24. The lowest BCUT2D eigenvalue weighted by molar-refractivity contribution is 0.310. The quantitative estimate of drug-likeness (QED) is 0.810. The molecule has 0 radical (unpaired) electrons. The molecule has 1 N–H and O–H groups in total. The van der Waals surface area contributed by atoms with Gasteiger partial charge in [-0.15, -0.1) is 0 Å². The molecule has 0 aliphatic heterocycles. The average Bonchev–Trinajstić information content (AvgIpc) is 2.38. The molecule has 0 heterocycles. The second-order valence-electron chi connectivity index (χ2n) is 5.16. The summed E-state index contributed by atoms with van der Waals surface area (Å²) in [6.07, 6.45) is 4.06. The minimum absolute atomic E-state index is 0.0219. The van der Waals surface area contributed by atoms with Gasteiger partial charge in [-0.05, 0) is 30.9 Å². The standard InChI is InChI=1S/C13H16Cl3NO2S/c1-8-4-2-3-5-10(8)17-20(18,19)11-7-6-9(14)12(15)13(11)16/h6-8,10,17H,2-5H2,1H3/t8-,10-/m1/s1. The first kappa shape index (κ1) is 16.4. The molecule has 2 atom stereocenters. The summed E-state index contributed by atoms with van der Waals surface area (Å²) < 4.78 is 27.6. The van der Waals surface area contributed by atoms with Crippen molar-refractivity contribution in [2.24, 2.45) is 5.92 Å². The Balaban J connectivity index is 2.29. The maximum absolute atomic E-state index is 12.4. The summed E-state index contributed by atoms with van der Waals surface area (Å²) >= 11 is 17.7. The van der Waals surface area contributed by atoms with E-state index in [0.29, 0.717) is 5.92 Å². The predicted octanol–water partition coefficient (Wildman–Crippen LogP) is 4.50. The zero-order chi connectivity index (χ0) is 14.9. The number of hydrogen-bond donors (Lipinski definition) is 1. The third-order valence-electron chi connectivity index (χ3n) is 3.71. The second-order valence-corrected chi connectivity index (χ2v) is 8.01. The van der Waals surface area contributed by atoms with Crippen LogP contribution < -0.4 is 4.72 Å². The molecule has 0 amide bonds. The molecule has 0 unspecified atom stereocenters. The highest BCUT2D eigenvalue weighted by molar-refractivity contribution is 7.89. The predicted molar refractivity (Wildman–Crippen MR) is 83.2 cm³/mol. The Morgan fingerprint density at radius 3 is 2.40 bits per heavy atom. The van der Waals surface area contributed by atoms with Crippen molar-refractivity contribution in [3.8, 4) is 0 Å². The molecule has 1 saturated carbocycles. The molecule has 20 heavy (non-hydrogen) atoms. The summed E-state index contributed by atoms with van der Waals surface area (Å²) in [4.78, 5) is -0.0219. The summed E-state index contributed by atoms with van der Waals surface area (Å²) in [7, 11) is -3.69. The van der Waals surface area contributed by atoms with Crippen LogP contribution in [0.5, 0.6) is 0 Å². The number of sulfonamides is 1. The minimum Gasteiger partial charge on any atom is -0.208 e. The van der Waals surface area contributed by atoms with Crippen LogP contribution in [0.3, 0.4) is 0 Å². The maximum Gasteiger partial charge on any atom is 0.242 e. The average molecular weight is 357 g/mol. The molecule has 2 rings (SSSR count). The van der Waals surface area contributed by atoms with Crippen LogP contribution in [0, 0.1) is 5.92 Å². The molecule has 1 aliphatic carbocycles. The van der Waals surface area contributed by atoms with Gasteiger partial charge in [0.25, 0.3) is 0 Å². The summed E-state index contributed by atoms with van der Waals surface area (Å²) in [5, 5.41) is 0.268. The lowest BCUT2D eigenvalue weighted by Crippen LogP contribution is -2.41. The third-order valence-corrected chi connectivity index (χ3v) is 6.65. The summed E-state index contributed by atoms with van der Waals surface area (Å²) in [6.45, 7) is 2.06. The van der Waals surface area contributed by atoms with E-state index in [9.17, 15) is 8.42 Å². The third kappa shape index (κ3) is 3.42. The monoisotopic (exact) mass is 355 g/mol. The van der Waals surface area contributed by atoms with Gasteiger partial charge in [0.2, 0.25) is 10.0 Å². The molecule has 0 saturated heterocycles. The Bertz CT molecular complexity index is 604. The number of nitrogens with one attached hydrogen (secondary N) is 1. The van der Waals surface area contributed by atoms with E-state index in [-0.39, 0.29) is 26.0 Å². The van der Waals surface area contributed by atoms with Crippen molar-refractivity contribution >= 4 is 44.8 Å². The largest absolute Gasteiger partial charge is 0.242 e. The molecular weight excluding hydrogens is 341 g/mol. The Morgan fingerprint density at radius 1 is 1.10 bits per heavy atom. The Morgan fingerprint density at radius 2 is 1.75 bits per heavy atom. The highest BCUT2D eigenvalue weighted by atomic mass is 35.5. The molecule has 1 aromatic carbocycles. The van der Waals surface area contributed by atoms with Crippen molar-refractivity contribution in [2.75, 3.05) is 0 Å². The van der Waals surface area contributed by atoms with Gasteiger partial charge in [-0.3, -0.25) is 0 Å². The van der Waals surface area contributed by atoms with Crippen LogP contribution in [0.25, 0.3) is 0 Å². The van der Waals surface area contributed by atoms with E-state index < -0.39 is 10.0 Å². The fraction of sp³-hybridized carbons (Fsp3) is 0.538. The lowest BCUT2D eigenvalue weighted by Gasteiger charge is -2.29. The Hall–Kier alpha value is -0.000000000000000167. The van der Waals surface area contributed by atoms with Gasteiger partial charge in [0, 0.05) is 6.04 Å². The topological polar surface area (TPSA) is 46.2 Å². The van der Waals surface area contributed by atoms with Gasteiger partial charge >= 0.3 is 0 Å². The summed E-state index contributed by atoms with van der Waals surface area (Å²) in [6, 6.07) is 2.76. The van der Waals surface area contributed by atoms with Gasteiger partial charge in [-0.2, -0.15) is 0 Å². The first-order valence-electron chi connectivity index (χ1n) is 6.49. The van der Waals surface area contributed by atoms with Crippen molar-refractivity contribution in [1.82, 2.24) is 4.72 Å². The van der Waals surface area contributed by atoms with Crippen LogP contribution in [-0.4, -0.2) is 14.5 Å². The van der Waals surface area contributed by atoms with Gasteiger partial charge < -0.3 is 0 Å². The maximum atomic E-state index is 12.4. The van der Waals surface area contributed by atoms with E-state index in [0.717, 1.165) is 25.7 Å². The Labute approximate surface area is 134 Å². The lowest BCUT2D eigenvalue weighted by atomic mass is 9.87. The van der Waals surface area contributed by atoms with E-state index in [4.69, 9.17) is 34.8 Å². The molecule has 112 valence electrons. The number of halogens is 3. The molecule has 3 nitrogen and oxygen atoms in total. The highest BCUT2D eigenvalue weighted by Gasteiger charge is 2.28. The second kappa shape index (κ2) is 6.41. The van der Waals surface area contributed by atoms with E-state index in [1.165, 1.54) is 12.1 Å². The van der Waals surface area contributed by atoms with Gasteiger partial charge in [0.05, 0.1) is 15.1 Å². The molecular formula is C13H16Cl3NO2S. The molecule has 7 heteroatoms. The van der Waals surface area contributed by atoms with Crippen LogP contribution in [0.15, 0.2) is 17.0 Å². The first-order chi connectivity index (χ1) is 9.33. The molecule has 0 bridgehead atoms. The number of hydrogen-bond acceptors (Lipinski definition) is 2. The van der Waals surface area contributed by atoms with Crippen LogP contribution in [0.2, 0.25) is 15.1 Å². The van der Waals surface area contributed by atoms with E-state index in [1.807, 2.05) is 0 Å². The first-order valence-corrected chi connectivity index (χ1v) is 9.10. The molecule has 1 aliphatic rings. The fourth-order valence-corrected chi connectivity index (χ4v) is 4.83. The summed E-state index contributed by atoms with van der Waals surface area (Å²) in [5.74, 6) is 0.320. The summed E-state index contributed by atoms with van der Waals surface area (Å²) in [5.41, 5.74) is 0. The number of rotatable bonds is 3. The van der Waals surface area contributed by atoms with E-state index in [1.54, 1.807) is 0 Å². The van der Waals surface area contributed by atoms with Crippen LogP contribution in [0.4, 0.5) is 0 Å². The molecule has 0 aromatic heterocycles. The van der Waals surface area contributed by atoms with Crippen molar-refractivity contribution < 1.29 is 8.42 Å². The number of benzene rings is 1. The van der Waals surface area contributed by atoms with Crippen LogP contribution in [-0.2, 0) is 10.0 Å². The van der Waals surface area contributed by atoms with Crippen LogP contribution >= 0.6 is 34.8 Å². The smallest absolute Gasteiger partial charge is 0.208 e. The SMILES string of the molecule is C[C@@H]1CCCC[C@H]1NS(=O)(=O)c1ccc(Cl)c(Cl)c1Cl. The van der Waals surface area contributed by atoms with Crippen molar-refractivity contribution in [3.05, 3.63) is 27.2 Å². The van der Waals surface area contributed by atoms with Crippen LogP contribution in [0.1, 0.15) is 32.6 Å². The van der Waals surface area contributed by atoms with Gasteiger partial charge in [0.15, 0.2) is 0 Å². The minimum atomic E-state index is -3.69. The van der Waals surface area contributed by atoms with E-state index >= 15 is 0 Å². The van der Waals surface area contributed by atoms with Gasteiger partial charge in [-0.1, -0.05) is 54.6 Å². The fourth-order valence-electron chi connectivity index (χ4n) is 2.47. The zero-order valence-corrected chi connectivity index (χ0v) is 14.1. The zero-order valence-electron chi connectivity index (χ0n) is 11.0. The highest BCUT2D eigenvalue weighted by Crippen LogP contribution is 2.35. The van der Waals surface area contributed by atoms with E-state index in [2.05, 4.69) is 11.6 Å². The van der Waals surface area contributed by atoms with Crippen molar-refractivity contribution in [2.45, 2.75) is 43.5 Å². The molecule has 1 aromatic rings. The molecule has 0 spiro atoms. The van der Waals surface area contributed by atoms with Crippen molar-refractivity contribution in [1.29, 1.82) is 0 Å². The molecule has 1 fully saturated rings. The van der Waals surface area contributed by atoms with Crippen molar-refractivity contribution in [3.63, 3.8) is 0 Å². The normalized spacial score (nSPS) is 23.8. The van der Waals surface area contributed by atoms with Gasteiger partial charge in [-0.25, -0.2) is 13.1 Å². The van der Waals surface area contributed by atoms with Gasteiger partial charge in [0.1, 0.15) is 4.90 Å².